The van der Waals surface area contributed by atoms with Crippen molar-refractivity contribution in [2.24, 2.45) is 0 Å². The van der Waals surface area contributed by atoms with E-state index in [4.69, 9.17) is 17.9 Å². The maximum atomic E-state index is 9.27. The van der Waals surface area contributed by atoms with Crippen LogP contribution in [0.3, 0.4) is 0 Å². The Bertz CT molecular complexity index is 4960. The van der Waals surface area contributed by atoms with Crippen molar-refractivity contribution in [2.75, 3.05) is 0 Å². The maximum Gasteiger partial charge on any atom is 0.269 e. The summed E-state index contributed by atoms with van der Waals surface area (Å²) in [5.74, 6) is 1.78. The molecule has 0 aliphatic rings. The van der Waals surface area contributed by atoms with Gasteiger partial charge in [-0.05, 0) is 111 Å². The number of ether oxygens (including phenoxy) is 1. The molecule has 0 atom stereocenters. The van der Waals surface area contributed by atoms with Gasteiger partial charge >= 0.3 is 0 Å². The summed E-state index contributed by atoms with van der Waals surface area (Å²) < 4.78 is 105. The third-order valence-electron chi connectivity index (χ3n) is 14.2. The van der Waals surface area contributed by atoms with Gasteiger partial charge in [-0.1, -0.05) is 178 Å². The van der Waals surface area contributed by atoms with Crippen LogP contribution in [0.5, 0.6) is 11.5 Å². The molecule has 0 saturated heterocycles. The molecule has 0 amide bonds. The van der Waals surface area contributed by atoms with E-state index in [0.29, 0.717) is 28.2 Å². The summed E-state index contributed by atoms with van der Waals surface area (Å²) in [6, 6.07) is 50.0. The zero-order valence-corrected chi connectivity index (χ0v) is 41.5. The molecule has 0 aliphatic heterocycles. The van der Waals surface area contributed by atoms with E-state index in [1.54, 1.807) is 35.2 Å². The molecule has 0 spiro atoms. The first-order valence-corrected chi connectivity index (χ1v) is 25.0. The zero-order chi connectivity index (χ0) is 59.6. The highest BCUT2D eigenvalue weighted by Gasteiger charge is 2.24. The molecule has 0 radical (unpaired) electrons. The first-order chi connectivity index (χ1) is 41.5. The number of fused-ring (bicyclic) bond motifs is 7. The van der Waals surface area contributed by atoms with Crippen molar-refractivity contribution in [2.45, 2.75) is 26.2 Å². The highest BCUT2D eigenvalue weighted by molar-refractivity contribution is 6.13. The number of imidazole rings is 1. The third-order valence-corrected chi connectivity index (χ3v) is 14.2. The molecule has 76 heavy (non-hydrogen) atoms. The Kier molecular flexibility index (Phi) is 8.35. The van der Waals surface area contributed by atoms with Crippen LogP contribution in [0.4, 0.5) is 0 Å². The molecule has 14 aromatic rings. The summed E-state index contributed by atoms with van der Waals surface area (Å²) in [6.07, 6.45) is 8.84. The van der Waals surface area contributed by atoms with E-state index in [2.05, 4.69) is 108 Å². The predicted molar refractivity (Wildman–Crippen MR) is 309 cm³/mol. The molecular weight excluding hydrogens is 929 g/mol. The molecule has 362 valence electrons. The molecule has 9 aromatic carbocycles. The summed E-state index contributed by atoms with van der Waals surface area (Å²) in [5.41, 5.74) is 8.91. The number of hydrogen-bond acceptors (Lipinski definition) is 3. The van der Waals surface area contributed by atoms with Gasteiger partial charge in [0.1, 0.15) is 11.6 Å². The Morgan fingerprint density at radius 2 is 1.16 bits per heavy atom. The average Bonchev–Trinajstić information content (AvgIpc) is 3.11. The monoisotopic (exact) mass is 988 g/mol. The van der Waals surface area contributed by atoms with E-state index in [1.807, 2.05) is 95.7 Å². The highest BCUT2D eigenvalue weighted by Crippen LogP contribution is 2.43. The number of para-hydroxylation sites is 4. The number of nitrogens with zero attached hydrogens (tertiary/aromatic N) is 6. The van der Waals surface area contributed by atoms with Crippen molar-refractivity contribution < 1.29 is 23.0 Å². The number of pyridine rings is 2. The molecule has 0 unspecified atom stereocenters. The lowest BCUT2D eigenvalue weighted by Crippen LogP contribution is -2.31. The van der Waals surface area contributed by atoms with Crippen molar-refractivity contribution in [3.8, 4) is 67.8 Å². The van der Waals surface area contributed by atoms with E-state index >= 15 is 0 Å². The van der Waals surface area contributed by atoms with Crippen LogP contribution in [0, 0.1) is 6.33 Å². The van der Waals surface area contributed by atoms with E-state index in [-0.39, 0.29) is 33.4 Å². The molecule has 0 aliphatic carbocycles. The number of benzene rings is 9. The molecule has 7 nitrogen and oxygen atoms in total. The Balaban J connectivity index is 1.03. The van der Waals surface area contributed by atoms with Crippen LogP contribution < -0.4 is 9.30 Å². The molecule has 14 rings (SSSR count). The van der Waals surface area contributed by atoms with Gasteiger partial charge in [0.15, 0.2) is 5.75 Å². The van der Waals surface area contributed by atoms with Crippen molar-refractivity contribution in [3.05, 3.63) is 261 Å². The minimum Gasteiger partial charge on any atom is -0.456 e. The largest absolute Gasteiger partial charge is 0.456 e. The standard InChI is InChI=1S/C69H50N6O/c1-69(2,3)50-36-38-71-67(40-50)75-61-33-15-12-28-57(61)58-42-65(74-59-31-13-10-26-55(59)56-27-11-14-32-60(56)74)66(43-63(58)75)76-52-25-16-24-51(41-52)72-45-73(64-39-48(34-35-62(64)72)49-23-18-37-70-44-49)68-53(46-19-6-4-7-20-46)29-17-30-54(68)47-21-8-5-9-22-47/h4-44H,1-3H3/i4D,5D,6D,7D,8D,9D,19D,20D,21D,22D. The number of hydrogen-bond donors (Lipinski definition) is 0. The normalized spacial score (nSPS) is 13.7. The van der Waals surface area contributed by atoms with Crippen LogP contribution in [-0.4, -0.2) is 23.7 Å². The van der Waals surface area contributed by atoms with Gasteiger partial charge in [-0.3, -0.25) is 18.7 Å². The Morgan fingerprint density at radius 1 is 0.513 bits per heavy atom. The SMILES string of the molecule is [2H]c1c([2H])c([2H])c(-c2cccc(-c3c([2H])c([2H])c([2H])c([2H])c3[2H])c2-[n+]2[c-]n(-c3cccc(Oc4cc5c(cc4-n4c6ccccc6c6ccccc64)c4ccccc4n5-c4cc(C(C)(C)C)ccn4)c3)c3ccc(-c4cccnc4)cc32)c([2H])c1[2H]. The fourth-order valence-corrected chi connectivity index (χ4v) is 10.6. The summed E-state index contributed by atoms with van der Waals surface area (Å²) in [6.45, 7) is 6.57. The van der Waals surface area contributed by atoms with Crippen LogP contribution >= 0.6 is 0 Å². The lowest BCUT2D eigenvalue weighted by Gasteiger charge is -2.20. The fraction of sp³-hybridized carbons (Fsp3) is 0.0580. The molecule has 0 saturated carbocycles. The van der Waals surface area contributed by atoms with E-state index in [9.17, 15) is 5.48 Å². The van der Waals surface area contributed by atoms with Crippen molar-refractivity contribution in [3.63, 3.8) is 0 Å². The van der Waals surface area contributed by atoms with Gasteiger partial charge in [0.25, 0.3) is 6.33 Å². The lowest BCUT2D eigenvalue weighted by atomic mass is 9.88. The van der Waals surface area contributed by atoms with Gasteiger partial charge in [0.05, 0.1) is 63.9 Å². The second-order valence-corrected chi connectivity index (χ2v) is 19.7. The second-order valence-electron chi connectivity index (χ2n) is 19.7. The lowest BCUT2D eigenvalue weighted by molar-refractivity contribution is -0.571. The molecule has 5 aromatic heterocycles. The van der Waals surface area contributed by atoms with E-state index in [1.165, 1.54) is 0 Å². The number of aromatic nitrogens is 6. The zero-order valence-electron chi connectivity index (χ0n) is 51.5. The Labute approximate surface area is 454 Å². The van der Waals surface area contributed by atoms with Gasteiger partial charge in [-0.25, -0.2) is 4.98 Å². The quantitative estimate of drug-likeness (QED) is 0.107. The maximum absolute atomic E-state index is 9.27. The molecular formula is C69H50N6O. The first kappa shape index (κ1) is 35.3. The summed E-state index contributed by atoms with van der Waals surface area (Å²) in [7, 11) is 0. The van der Waals surface area contributed by atoms with Crippen molar-refractivity contribution >= 4 is 54.6 Å². The average molecular weight is 989 g/mol. The van der Waals surface area contributed by atoms with Gasteiger partial charge in [-0.15, -0.1) is 0 Å². The van der Waals surface area contributed by atoms with Crippen LogP contribution in [0.25, 0.3) is 111 Å². The minimum absolute atomic E-state index is 0.126. The predicted octanol–water partition coefficient (Wildman–Crippen LogP) is 16.8. The molecule has 0 fully saturated rings. The fourth-order valence-electron chi connectivity index (χ4n) is 10.6. The van der Waals surface area contributed by atoms with E-state index < -0.39 is 60.4 Å². The summed E-state index contributed by atoms with van der Waals surface area (Å²) in [5, 5.41) is 4.20. The van der Waals surface area contributed by atoms with Crippen LogP contribution in [0.15, 0.2) is 249 Å². The Hall–Kier alpha value is -9.85. The van der Waals surface area contributed by atoms with Crippen LogP contribution in [0.2, 0.25) is 0 Å². The molecule has 7 heteroatoms. The molecule has 0 N–H and O–H groups in total. The van der Waals surface area contributed by atoms with Gasteiger partial charge in [0.2, 0.25) is 0 Å². The highest BCUT2D eigenvalue weighted by atomic mass is 16.5. The van der Waals surface area contributed by atoms with Gasteiger partial charge in [-0.2, -0.15) is 0 Å². The minimum atomic E-state index is -0.585. The van der Waals surface area contributed by atoms with Gasteiger partial charge in [0, 0.05) is 46.2 Å². The second kappa shape index (κ2) is 18.0. The van der Waals surface area contributed by atoms with E-state index in [0.717, 1.165) is 71.8 Å². The van der Waals surface area contributed by atoms with Crippen molar-refractivity contribution in [1.29, 1.82) is 0 Å². The summed E-state index contributed by atoms with van der Waals surface area (Å²) in [4.78, 5) is 9.38. The molecule has 5 heterocycles. The van der Waals surface area contributed by atoms with Crippen molar-refractivity contribution in [1.82, 2.24) is 23.7 Å². The summed E-state index contributed by atoms with van der Waals surface area (Å²) >= 11 is 0. The van der Waals surface area contributed by atoms with Gasteiger partial charge < -0.3 is 9.30 Å². The first-order valence-electron chi connectivity index (χ1n) is 30.0. The van der Waals surface area contributed by atoms with Crippen LogP contribution in [0.1, 0.15) is 40.0 Å². The topological polar surface area (TPSA) is 53.7 Å². The molecule has 0 bridgehead atoms. The van der Waals surface area contributed by atoms with Crippen LogP contribution in [-0.2, 0) is 5.41 Å². The number of rotatable bonds is 9. The third kappa shape index (κ3) is 7.54. The Morgan fingerprint density at radius 3 is 1.82 bits per heavy atom. The smallest absolute Gasteiger partial charge is 0.269 e.